The molecule has 4 rings (SSSR count). The summed E-state index contributed by atoms with van der Waals surface area (Å²) in [6, 6.07) is 14.7. The van der Waals surface area contributed by atoms with Crippen molar-refractivity contribution in [1.29, 1.82) is 5.26 Å². The van der Waals surface area contributed by atoms with Crippen molar-refractivity contribution in [1.82, 2.24) is 4.90 Å². The molecule has 2 unspecified atom stereocenters. The molecule has 2 aromatic rings. The minimum Gasteiger partial charge on any atom is -0.497 e. The summed E-state index contributed by atoms with van der Waals surface area (Å²) in [5.41, 5.74) is 9.72. The zero-order valence-electron chi connectivity index (χ0n) is 20.8. The van der Waals surface area contributed by atoms with Gasteiger partial charge >= 0.3 is 5.97 Å². The third-order valence-electron chi connectivity index (χ3n) is 6.28. The minimum absolute atomic E-state index is 0.0513. The molecule has 2 aliphatic rings. The number of carbonyl (C=O) groups excluding carboxylic acids is 3. The standard InChI is InChI=1S/C27H26N4O5S/c1-14-8-9-19(15(2)10-14)30-25(33)23-22(16-6-5-7-17(11-16)35-3)18(13-28)24(29)31-26(34)20(37-27(23)31)12-21(32)36-4/h5-11,20,22H,12,29H2,1-4H3,(H,30,33). The highest BCUT2D eigenvalue weighted by molar-refractivity contribution is 8.04. The molecule has 2 aliphatic heterocycles. The van der Waals surface area contributed by atoms with Crippen LogP contribution in [0.15, 0.2) is 64.5 Å². The average Bonchev–Trinajstić information content (AvgIpc) is 3.20. The Bertz CT molecular complexity index is 1410. The van der Waals surface area contributed by atoms with Crippen molar-refractivity contribution in [2.75, 3.05) is 19.5 Å². The number of thioether (sulfide) groups is 1. The Morgan fingerprint density at radius 1 is 1.19 bits per heavy atom. The first-order valence-electron chi connectivity index (χ1n) is 11.4. The first-order valence-corrected chi connectivity index (χ1v) is 12.3. The summed E-state index contributed by atoms with van der Waals surface area (Å²) in [7, 11) is 2.76. The normalized spacial score (nSPS) is 18.9. The number of nitriles is 1. The molecule has 0 aliphatic carbocycles. The van der Waals surface area contributed by atoms with E-state index >= 15 is 0 Å². The monoisotopic (exact) mass is 518 g/mol. The third kappa shape index (κ3) is 4.78. The van der Waals surface area contributed by atoms with Crippen molar-refractivity contribution >= 4 is 35.2 Å². The highest BCUT2D eigenvalue weighted by Crippen LogP contribution is 2.50. The van der Waals surface area contributed by atoms with Crippen molar-refractivity contribution in [2.45, 2.75) is 31.4 Å². The molecule has 0 radical (unpaired) electrons. The molecule has 1 fully saturated rings. The zero-order chi connectivity index (χ0) is 26.9. The van der Waals surface area contributed by atoms with Crippen LogP contribution in [0.1, 0.15) is 29.0 Å². The number of anilines is 1. The van der Waals surface area contributed by atoms with Crippen LogP contribution < -0.4 is 15.8 Å². The second kappa shape index (κ2) is 10.4. The summed E-state index contributed by atoms with van der Waals surface area (Å²) in [6.07, 6.45) is -0.203. The van der Waals surface area contributed by atoms with Crippen molar-refractivity contribution in [2.24, 2.45) is 5.73 Å². The fourth-order valence-corrected chi connectivity index (χ4v) is 5.77. The fraction of sp³-hybridized carbons (Fsp3) is 0.259. The average molecular weight is 519 g/mol. The number of esters is 1. The summed E-state index contributed by atoms with van der Waals surface area (Å²) in [5.74, 6) is -1.95. The van der Waals surface area contributed by atoms with Crippen LogP contribution in [-0.4, -0.2) is 42.2 Å². The van der Waals surface area contributed by atoms with Gasteiger partial charge in [-0.25, -0.2) is 0 Å². The van der Waals surface area contributed by atoms with Crippen LogP contribution in [0.2, 0.25) is 0 Å². The van der Waals surface area contributed by atoms with E-state index in [9.17, 15) is 19.6 Å². The molecule has 0 bridgehead atoms. The third-order valence-corrected chi connectivity index (χ3v) is 7.56. The Hall–Kier alpha value is -4.23. The van der Waals surface area contributed by atoms with Crippen LogP contribution >= 0.6 is 11.8 Å². The number of nitrogens with zero attached hydrogens (tertiary/aromatic N) is 2. The number of nitrogens with two attached hydrogens (primary N) is 1. The fourth-order valence-electron chi connectivity index (χ4n) is 4.44. The number of rotatable bonds is 6. The number of carbonyl (C=O) groups is 3. The summed E-state index contributed by atoms with van der Waals surface area (Å²) in [4.78, 5) is 40.4. The minimum atomic E-state index is -0.866. The molecule has 2 heterocycles. The number of fused-ring (bicyclic) bond motifs is 1. The van der Waals surface area contributed by atoms with Crippen molar-refractivity contribution < 1.29 is 23.9 Å². The van der Waals surface area contributed by atoms with E-state index in [1.807, 2.05) is 26.0 Å². The maximum atomic E-state index is 13.9. The SMILES string of the molecule is COC(=O)CC1SC2=C(C(=O)Nc3ccc(C)cc3C)C(c3cccc(OC)c3)C(C#N)=C(N)N2C1=O. The molecule has 0 spiro atoms. The quantitative estimate of drug-likeness (QED) is 0.555. The number of benzene rings is 2. The maximum Gasteiger partial charge on any atom is 0.307 e. The lowest BCUT2D eigenvalue weighted by Crippen LogP contribution is -2.39. The van der Waals surface area contributed by atoms with Gasteiger partial charge in [0.05, 0.1) is 48.8 Å². The molecule has 9 nitrogen and oxygen atoms in total. The lowest BCUT2D eigenvalue weighted by atomic mass is 9.82. The summed E-state index contributed by atoms with van der Waals surface area (Å²) in [6.45, 7) is 3.84. The molecule has 2 amide bonds. The molecule has 1 saturated heterocycles. The smallest absolute Gasteiger partial charge is 0.307 e. The van der Waals surface area contributed by atoms with Gasteiger partial charge in [-0.05, 0) is 43.2 Å². The van der Waals surface area contributed by atoms with Gasteiger partial charge in [0.15, 0.2) is 0 Å². The van der Waals surface area contributed by atoms with Gasteiger partial charge in [-0.2, -0.15) is 5.26 Å². The Balaban J connectivity index is 1.90. The van der Waals surface area contributed by atoms with E-state index in [4.69, 9.17) is 15.2 Å². The predicted octanol–water partition coefficient (Wildman–Crippen LogP) is 3.46. The van der Waals surface area contributed by atoms with E-state index in [1.54, 1.807) is 30.3 Å². The zero-order valence-corrected chi connectivity index (χ0v) is 21.6. The topological polar surface area (TPSA) is 135 Å². The number of amides is 2. The van der Waals surface area contributed by atoms with Crippen LogP contribution in [0.3, 0.4) is 0 Å². The van der Waals surface area contributed by atoms with Gasteiger partial charge in [0, 0.05) is 5.69 Å². The van der Waals surface area contributed by atoms with Crippen molar-refractivity contribution in [3.63, 3.8) is 0 Å². The molecule has 0 saturated carbocycles. The van der Waals surface area contributed by atoms with Crippen LogP contribution in [0, 0.1) is 25.2 Å². The number of hydrogen-bond acceptors (Lipinski definition) is 8. The first kappa shape index (κ1) is 25.9. The van der Waals surface area contributed by atoms with Crippen molar-refractivity contribution in [3.8, 4) is 11.8 Å². The second-order valence-corrected chi connectivity index (χ2v) is 9.86. The summed E-state index contributed by atoms with van der Waals surface area (Å²) in [5, 5.41) is 12.5. The largest absolute Gasteiger partial charge is 0.497 e. The lowest BCUT2D eigenvalue weighted by molar-refractivity contribution is -0.142. The Kier molecular flexibility index (Phi) is 7.27. The van der Waals surface area contributed by atoms with Gasteiger partial charge in [-0.3, -0.25) is 19.3 Å². The van der Waals surface area contributed by atoms with Gasteiger partial charge in [0.1, 0.15) is 16.8 Å². The van der Waals surface area contributed by atoms with Crippen molar-refractivity contribution in [3.05, 3.63) is 81.2 Å². The van der Waals surface area contributed by atoms with E-state index in [0.717, 1.165) is 22.9 Å². The number of methoxy groups -OCH3 is 2. The van der Waals surface area contributed by atoms with E-state index in [1.165, 1.54) is 19.1 Å². The van der Waals surface area contributed by atoms with E-state index in [2.05, 4.69) is 11.4 Å². The number of allylic oxidation sites excluding steroid dienone is 1. The van der Waals surface area contributed by atoms with E-state index in [0.29, 0.717) is 17.0 Å². The first-order chi connectivity index (χ1) is 17.7. The van der Waals surface area contributed by atoms with Gasteiger partial charge in [-0.1, -0.05) is 41.6 Å². The Morgan fingerprint density at radius 3 is 2.59 bits per heavy atom. The maximum absolute atomic E-state index is 13.9. The van der Waals surface area contributed by atoms with Gasteiger partial charge in [0.2, 0.25) is 5.91 Å². The molecule has 190 valence electrons. The number of hydrogen-bond donors (Lipinski definition) is 2. The number of aryl methyl sites for hydroxylation is 2. The Labute approximate surface area is 218 Å². The molecule has 10 heteroatoms. The highest BCUT2D eigenvalue weighted by Gasteiger charge is 2.48. The van der Waals surface area contributed by atoms with Gasteiger partial charge in [-0.15, -0.1) is 0 Å². The Morgan fingerprint density at radius 2 is 1.95 bits per heavy atom. The van der Waals surface area contributed by atoms with Crippen LogP contribution in [0.5, 0.6) is 5.75 Å². The van der Waals surface area contributed by atoms with Gasteiger partial charge in [0.25, 0.3) is 5.91 Å². The van der Waals surface area contributed by atoms with Crippen LogP contribution in [0.25, 0.3) is 0 Å². The molecular weight excluding hydrogens is 492 g/mol. The number of ether oxygens (including phenoxy) is 2. The summed E-state index contributed by atoms with van der Waals surface area (Å²) < 4.78 is 10.1. The van der Waals surface area contributed by atoms with Crippen LogP contribution in [-0.2, 0) is 19.1 Å². The van der Waals surface area contributed by atoms with Gasteiger partial charge < -0.3 is 20.5 Å². The number of nitrogens with one attached hydrogen (secondary N) is 1. The molecule has 0 aromatic heterocycles. The molecular formula is C27H26N4O5S. The summed E-state index contributed by atoms with van der Waals surface area (Å²) >= 11 is 1.06. The molecule has 37 heavy (non-hydrogen) atoms. The lowest BCUT2D eigenvalue weighted by Gasteiger charge is -2.32. The molecule has 2 aromatic carbocycles. The highest BCUT2D eigenvalue weighted by atomic mass is 32.2. The van der Waals surface area contributed by atoms with E-state index < -0.39 is 29.0 Å². The molecule has 3 N–H and O–H groups in total. The predicted molar refractivity (Wildman–Crippen MR) is 139 cm³/mol. The van der Waals surface area contributed by atoms with Crippen LogP contribution in [0.4, 0.5) is 5.69 Å². The second-order valence-electron chi connectivity index (χ2n) is 8.67. The van der Waals surface area contributed by atoms with E-state index in [-0.39, 0.29) is 28.4 Å². The molecule has 2 atom stereocenters.